The van der Waals surface area contributed by atoms with Crippen molar-refractivity contribution in [3.05, 3.63) is 33.8 Å². The third-order valence-electron chi connectivity index (χ3n) is 1.71. The van der Waals surface area contributed by atoms with Crippen LogP contribution in [0, 0.1) is 10.6 Å². The van der Waals surface area contributed by atoms with Crippen LogP contribution in [0.15, 0.2) is 24.4 Å². The van der Waals surface area contributed by atoms with E-state index in [1.807, 2.05) is 24.4 Å². The quantitative estimate of drug-likeness (QED) is 0.662. The monoisotopic (exact) mass is 258 g/mol. The van der Waals surface area contributed by atoms with E-state index in [4.69, 9.17) is 0 Å². The molecule has 3 heteroatoms. The first kappa shape index (κ1) is 7.09. The van der Waals surface area contributed by atoms with E-state index in [9.17, 15) is 0 Å². The Morgan fingerprint density at radius 3 is 3.00 bits per heavy atom. The summed E-state index contributed by atoms with van der Waals surface area (Å²) in [6.07, 6.45) is 2.03. The molecule has 0 saturated carbocycles. The van der Waals surface area contributed by atoms with Crippen LogP contribution in [0.3, 0.4) is 0 Å². The van der Waals surface area contributed by atoms with Gasteiger partial charge in [0.05, 0.1) is 5.69 Å². The van der Waals surface area contributed by atoms with Crippen LogP contribution in [0.25, 0.3) is 5.65 Å². The second-order valence-electron chi connectivity index (χ2n) is 2.42. The number of aryl methyl sites for hydroxylation is 1. The van der Waals surface area contributed by atoms with E-state index in [1.54, 1.807) is 0 Å². The fraction of sp³-hybridized carbons (Fsp3) is 0.125. The first-order valence-corrected chi connectivity index (χ1v) is 4.46. The standard InChI is InChI=1S/C8H7IN2/c1-6-8(9)10-7-4-2-3-5-11(6)7/h2-5H,1H3. The van der Waals surface area contributed by atoms with E-state index < -0.39 is 0 Å². The summed E-state index contributed by atoms with van der Waals surface area (Å²) in [6, 6.07) is 6.02. The van der Waals surface area contributed by atoms with Crippen molar-refractivity contribution in [3.8, 4) is 0 Å². The molecule has 0 bridgehead atoms. The highest BCUT2D eigenvalue weighted by molar-refractivity contribution is 14.1. The van der Waals surface area contributed by atoms with Gasteiger partial charge in [0.25, 0.3) is 0 Å². The molecule has 0 aliphatic carbocycles. The van der Waals surface area contributed by atoms with Gasteiger partial charge in [0.1, 0.15) is 9.35 Å². The zero-order chi connectivity index (χ0) is 7.84. The van der Waals surface area contributed by atoms with Gasteiger partial charge in [0.2, 0.25) is 0 Å². The lowest BCUT2D eigenvalue weighted by molar-refractivity contribution is 1.10. The summed E-state index contributed by atoms with van der Waals surface area (Å²) < 4.78 is 3.16. The van der Waals surface area contributed by atoms with Gasteiger partial charge < -0.3 is 4.40 Å². The van der Waals surface area contributed by atoms with Crippen molar-refractivity contribution in [1.29, 1.82) is 0 Å². The molecule has 0 atom stereocenters. The molecule has 0 spiro atoms. The molecule has 0 N–H and O–H groups in total. The summed E-state index contributed by atoms with van der Waals surface area (Å²) in [5.41, 5.74) is 2.23. The number of halogens is 1. The SMILES string of the molecule is Cc1c(I)nc2ccccn12. The van der Waals surface area contributed by atoms with Gasteiger partial charge in [-0.1, -0.05) is 6.07 Å². The minimum atomic E-state index is 1.02. The average Bonchev–Trinajstić information content (AvgIpc) is 2.30. The van der Waals surface area contributed by atoms with Gasteiger partial charge in [-0.3, -0.25) is 0 Å². The first-order chi connectivity index (χ1) is 5.29. The summed E-state index contributed by atoms with van der Waals surface area (Å²) in [5, 5.41) is 0. The summed E-state index contributed by atoms with van der Waals surface area (Å²) >= 11 is 2.25. The van der Waals surface area contributed by atoms with Crippen LogP contribution >= 0.6 is 22.6 Å². The van der Waals surface area contributed by atoms with E-state index >= 15 is 0 Å². The molecule has 2 aromatic heterocycles. The Kier molecular flexibility index (Phi) is 1.60. The van der Waals surface area contributed by atoms with Gasteiger partial charge in [-0.15, -0.1) is 0 Å². The van der Waals surface area contributed by atoms with Gasteiger partial charge >= 0.3 is 0 Å². The average molecular weight is 258 g/mol. The number of nitrogens with zero attached hydrogens (tertiary/aromatic N) is 2. The maximum Gasteiger partial charge on any atom is 0.138 e. The Morgan fingerprint density at radius 2 is 2.27 bits per heavy atom. The number of fused-ring (bicyclic) bond motifs is 1. The smallest absolute Gasteiger partial charge is 0.138 e. The number of pyridine rings is 1. The Hall–Kier alpha value is -0.580. The second-order valence-corrected chi connectivity index (χ2v) is 3.44. The van der Waals surface area contributed by atoms with Gasteiger partial charge in [-0.25, -0.2) is 4.98 Å². The maximum absolute atomic E-state index is 4.36. The Balaban J connectivity index is 2.92. The van der Waals surface area contributed by atoms with Gasteiger partial charge in [0.15, 0.2) is 0 Å². The number of hydrogen-bond acceptors (Lipinski definition) is 1. The topological polar surface area (TPSA) is 17.3 Å². The van der Waals surface area contributed by atoms with Crippen LogP contribution in [-0.4, -0.2) is 9.38 Å². The van der Waals surface area contributed by atoms with Crippen molar-refractivity contribution < 1.29 is 0 Å². The van der Waals surface area contributed by atoms with Crippen molar-refractivity contribution in [1.82, 2.24) is 9.38 Å². The Bertz CT molecular complexity index is 392. The van der Waals surface area contributed by atoms with E-state index in [-0.39, 0.29) is 0 Å². The highest BCUT2D eigenvalue weighted by atomic mass is 127. The molecule has 0 aromatic carbocycles. The lowest BCUT2D eigenvalue weighted by Gasteiger charge is -1.92. The molecule has 0 radical (unpaired) electrons. The molecule has 11 heavy (non-hydrogen) atoms. The minimum absolute atomic E-state index is 1.02. The van der Waals surface area contributed by atoms with Crippen LogP contribution in [-0.2, 0) is 0 Å². The van der Waals surface area contributed by atoms with Crippen molar-refractivity contribution in [2.45, 2.75) is 6.92 Å². The van der Waals surface area contributed by atoms with Crippen molar-refractivity contribution in [2.24, 2.45) is 0 Å². The molecule has 2 nitrogen and oxygen atoms in total. The predicted molar refractivity (Wildman–Crippen MR) is 52.6 cm³/mol. The zero-order valence-corrected chi connectivity index (χ0v) is 8.24. The minimum Gasteiger partial charge on any atom is -0.303 e. The molecule has 0 fully saturated rings. The van der Waals surface area contributed by atoms with E-state index in [0.717, 1.165) is 9.35 Å². The normalized spacial score (nSPS) is 10.7. The lowest BCUT2D eigenvalue weighted by atomic mass is 10.4. The molecule has 2 heterocycles. The van der Waals surface area contributed by atoms with E-state index in [1.165, 1.54) is 5.69 Å². The van der Waals surface area contributed by atoms with Crippen LogP contribution < -0.4 is 0 Å². The van der Waals surface area contributed by atoms with Gasteiger partial charge in [0, 0.05) is 6.20 Å². The van der Waals surface area contributed by atoms with Crippen LogP contribution in [0.2, 0.25) is 0 Å². The number of rotatable bonds is 0. The third kappa shape index (κ3) is 1.03. The van der Waals surface area contributed by atoms with Gasteiger partial charge in [-0.2, -0.15) is 0 Å². The lowest BCUT2D eigenvalue weighted by Crippen LogP contribution is -1.84. The van der Waals surface area contributed by atoms with Gasteiger partial charge in [-0.05, 0) is 41.6 Å². The molecular weight excluding hydrogens is 251 g/mol. The van der Waals surface area contributed by atoms with Crippen molar-refractivity contribution in [2.75, 3.05) is 0 Å². The van der Waals surface area contributed by atoms with Crippen LogP contribution in [0.5, 0.6) is 0 Å². The molecule has 2 rings (SSSR count). The maximum atomic E-state index is 4.36. The van der Waals surface area contributed by atoms with E-state index in [2.05, 4.69) is 38.9 Å². The fourth-order valence-corrected chi connectivity index (χ4v) is 1.60. The number of imidazole rings is 1. The zero-order valence-electron chi connectivity index (χ0n) is 6.08. The highest BCUT2D eigenvalue weighted by Crippen LogP contribution is 2.12. The molecule has 56 valence electrons. The van der Waals surface area contributed by atoms with E-state index in [0.29, 0.717) is 0 Å². The molecule has 2 aromatic rings. The molecule has 0 aliphatic rings. The molecule has 0 amide bonds. The molecular formula is C8H7IN2. The Labute approximate surface area is 78.4 Å². The second kappa shape index (κ2) is 2.48. The predicted octanol–water partition coefficient (Wildman–Crippen LogP) is 2.25. The van der Waals surface area contributed by atoms with Crippen LogP contribution in [0.4, 0.5) is 0 Å². The summed E-state index contributed by atoms with van der Waals surface area (Å²) in [4.78, 5) is 4.36. The summed E-state index contributed by atoms with van der Waals surface area (Å²) in [6.45, 7) is 2.07. The van der Waals surface area contributed by atoms with Crippen molar-refractivity contribution >= 4 is 28.2 Å². The van der Waals surface area contributed by atoms with Crippen LogP contribution in [0.1, 0.15) is 5.69 Å². The Morgan fingerprint density at radius 1 is 1.45 bits per heavy atom. The fourth-order valence-electron chi connectivity index (χ4n) is 1.09. The largest absolute Gasteiger partial charge is 0.303 e. The highest BCUT2D eigenvalue weighted by Gasteiger charge is 2.01. The third-order valence-corrected chi connectivity index (χ3v) is 2.73. The number of aromatic nitrogens is 2. The molecule has 0 saturated heterocycles. The number of hydrogen-bond donors (Lipinski definition) is 0. The summed E-state index contributed by atoms with van der Waals surface area (Å²) in [7, 11) is 0. The van der Waals surface area contributed by atoms with Crippen molar-refractivity contribution in [3.63, 3.8) is 0 Å². The first-order valence-electron chi connectivity index (χ1n) is 3.38. The molecule has 0 aliphatic heterocycles. The molecule has 0 unspecified atom stereocenters. The summed E-state index contributed by atoms with van der Waals surface area (Å²) in [5.74, 6) is 0.